The van der Waals surface area contributed by atoms with Gasteiger partial charge in [0.25, 0.3) is 11.8 Å². The summed E-state index contributed by atoms with van der Waals surface area (Å²) in [4.78, 5) is 91.4. The highest BCUT2D eigenvalue weighted by molar-refractivity contribution is 7.60. The van der Waals surface area contributed by atoms with E-state index < -0.39 is 59.0 Å². The number of nitrogens with one attached hydrogen (secondary N) is 4. The van der Waals surface area contributed by atoms with E-state index in [1.807, 2.05) is 27.7 Å². The van der Waals surface area contributed by atoms with Crippen LogP contribution in [0.5, 0.6) is 0 Å². The highest BCUT2D eigenvalue weighted by Gasteiger charge is 2.52. The second-order valence-corrected chi connectivity index (χ2v) is 15.5. The van der Waals surface area contributed by atoms with Gasteiger partial charge in [0.05, 0.1) is 12.2 Å². The van der Waals surface area contributed by atoms with Crippen LogP contribution in [-0.4, -0.2) is 86.9 Å². The molecule has 18 heteroatoms. The summed E-state index contributed by atoms with van der Waals surface area (Å²) in [6, 6.07) is -3.68. The zero-order valence-electron chi connectivity index (χ0n) is 31.8. The average Bonchev–Trinajstić information content (AvgIpc) is 3.65. The van der Waals surface area contributed by atoms with Crippen molar-refractivity contribution in [3.8, 4) is 0 Å². The number of rotatable bonds is 13. The average molecular weight is 866 g/mol. The molecule has 13 nitrogen and oxygen atoms in total. The molecular weight excluding hydrogens is 799 g/mol. The number of ketones is 1. The van der Waals surface area contributed by atoms with Gasteiger partial charge in [0.1, 0.15) is 23.8 Å². The highest BCUT2D eigenvalue weighted by atomic mass is 32.1. The van der Waals surface area contributed by atoms with Gasteiger partial charge in [-0.05, 0) is 68.1 Å². The summed E-state index contributed by atoms with van der Waals surface area (Å²) in [6.07, 6.45) is 13.9. The molecule has 1 aromatic rings. The van der Waals surface area contributed by atoms with Gasteiger partial charge in [-0.15, -0.1) is 0 Å². The Morgan fingerprint density at radius 2 is 1.49 bits per heavy atom. The number of carbonyl (C=O) groups is 6. The van der Waals surface area contributed by atoms with E-state index in [0.717, 1.165) is 64.2 Å². The number of amides is 5. The largest absolute Gasteiger partial charge is 0.347 e. The van der Waals surface area contributed by atoms with Crippen molar-refractivity contribution < 1.29 is 28.8 Å². The summed E-state index contributed by atoms with van der Waals surface area (Å²) in [5.41, 5.74) is -0.638. The maximum atomic E-state index is 14.6. The lowest BCUT2D eigenvalue weighted by Crippen LogP contribution is -2.62. The van der Waals surface area contributed by atoms with Gasteiger partial charge in [-0.1, -0.05) is 67.2 Å². The summed E-state index contributed by atoms with van der Waals surface area (Å²) in [7, 11) is 0. The first-order chi connectivity index (χ1) is 23.4. The van der Waals surface area contributed by atoms with E-state index in [0.29, 0.717) is 19.4 Å². The van der Waals surface area contributed by atoms with Crippen LogP contribution in [0.25, 0.3) is 0 Å². The molecule has 2 heterocycles. The minimum atomic E-state index is -0.994. The molecule has 316 valence electrons. The smallest absolute Gasteiger partial charge is 0.289 e. The molecule has 4 aliphatic rings. The van der Waals surface area contributed by atoms with Crippen LogP contribution in [0.3, 0.4) is 0 Å². The number of likely N-dealkylation sites (tertiary alicyclic amines) is 1. The van der Waals surface area contributed by atoms with Gasteiger partial charge >= 0.3 is 0 Å². The van der Waals surface area contributed by atoms with Gasteiger partial charge in [-0.25, -0.2) is 4.98 Å². The fraction of sp³-hybridized carbons (Fsp3) is 0.730. The van der Waals surface area contributed by atoms with Crippen molar-refractivity contribution >= 4 is 103 Å². The lowest BCUT2D eigenvalue weighted by atomic mass is 9.82. The van der Waals surface area contributed by atoms with E-state index in [-0.39, 0.29) is 110 Å². The van der Waals surface area contributed by atoms with Crippen molar-refractivity contribution in [3.05, 3.63) is 24.3 Å². The van der Waals surface area contributed by atoms with E-state index in [2.05, 4.69) is 31.2 Å². The second-order valence-electron chi connectivity index (χ2n) is 15.5. The van der Waals surface area contributed by atoms with Crippen LogP contribution >= 0.6 is 67.5 Å². The van der Waals surface area contributed by atoms with Crippen LogP contribution < -0.4 is 21.3 Å². The van der Waals surface area contributed by atoms with E-state index in [1.54, 1.807) is 4.90 Å². The summed E-state index contributed by atoms with van der Waals surface area (Å²) < 4.78 is 0. The van der Waals surface area contributed by atoms with E-state index >= 15 is 0 Å². The minimum absolute atomic E-state index is 0. The number of nitrogens with zero attached hydrogens (tertiary/aromatic N) is 3. The topological polar surface area (TPSA) is 180 Å². The monoisotopic (exact) mass is 865 g/mol. The molecular formula is C37H67N7O6S5. The van der Waals surface area contributed by atoms with Crippen LogP contribution in [0.15, 0.2) is 18.6 Å². The molecule has 0 radical (unpaired) electrons. The number of hydrogen-bond acceptors (Lipinski definition) is 8. The third-order valence-corrected chi connectivity index (χ3v) is 10.7. The van der Waals surface area contributed by atoms with Crippen LogP contribution in [-0.2, 0) is 24.0 Å². The molecule has 0 bridgehead atoms. The first-order valence-electron chi connectivity index (χ1n) is 18.2. The first kappa shape index (κ1) is 54.9. The predicted octanol–water partition coefficient (Wildman–Crippen LogP) is 3.65. The van der Waals surface area contributed by atoms with Gasteiger partial charge in [-0.3, -0.25) is 33.8 Å². The molecule has 0 unspecified atom stereocenters. The lowest BCUT2D eigenvalue weighted by molar-refractivity contribution is -0.146. The van der Waals surface area contributed by atoms with Crippen LogP contribution in [0, 0.1) is 23.2 Å². The standard InChI is InChI=1S/C36H53N7O6.CH4.5H2S/c1-5-10-25(29(44)34(48)39-23-15-16-23)40-33(47)28-24-14-9-13-22(24)20-43(28)35(49)30(36(2,3)4)42-32(46)27(21-11-7-6-8-12-21)41-31(45)26-19-37-17-18-38-26;;;;;;/h17-19,21-25,27-28,30H,5-16,20H2,1-4H3,(H,39,48)(H,40,47)(H,41,45)(H,42,46);1H4;5*1H2/t22-,24+,25+,27-,28+,30-;;;;;;/m1....../s1. The van der Waals surface area contributed by atoms with Crippen LogP contribution in [0.4, 0.5) is 0 Å². The number of fused-ring (bicyclic) bond motifs is 1. The Morgan fingerprint density at radius 3 is 2.05 bits per heavy atom. The lowest BCUT2D eigenvalue weighted by Gasteiger charge is -2.38. The minimum Gasteiger partial charge on any atom is -0.347 e. The summed E-state index contributed by atoms with van der Waals surface area (Å²) in [5.74, 6) is -3.20. The predicted molar refractivity (Wildman–Crippen MR) is 239 cm³/mol. The van der Waals surface area contributed by atoms with E-state index in [4.69, 9.17) is 0 Å². The second kappa shape index (κ2) is 24.6. The van der Waals surface area contributed by atoms with Crippen molar-refractivity contribution in [2.24, 2.45) is 23.2 Å². The Kier molecular flexibility index (Phi) is 24.6. The highest BCUT2D eigenvalue weighted by Crippen LogP contribution is 2.43. The zero-order chi connectivity index (χ0) is 35.3. The zero-order valence-corrected chi connectivity index (χ0v) is 36.8. The molecule has 1 saturated heterocycles. The van der Waals surface area contributed by atoms with Gasteiger partial charge in [0.2, 0.25) is 23.5 Å². The Balaban J connectivity index is 0. The molecule has 5 amide bonds. The Bertz CT molecular complexity index is 1410. The van der Waals surface area contributed by atoms with Gasteiger partial charge in [0.15, 0.2) is 0 Å². The molecule has 3 aliphatic carbocycles. The number of Topliss-reactive ketones (excluding diaryl/α,β-unsaturated/α-hetero) is 1. The third-order valence-electron chi connectivity index (χ3n) is 10.7. The van der Waals surface area contributed by atoms with Crippen molar-refractivity contribution in [2.45, 2.75) is 142 Å². The summed E-state index contributed by atoms with van der Waals surface area (Å²) in [5, 5.41) is 11.5. The van der Waals surface area contributed by atoms with Crippen LogP contribution in [0.1, 0.15) is 123 Å². The Labute approximate surface area is 362 Å². The number of aromatic nitrogens is 2. The molecule has 4 fully saturated rings. The molecule has 0 aromatic carbocycles. The van der Waals surface area contributed by atoms with E-state index in [9.17, 15) is 28.8 Å². The molecule has 55 heavy (non-hydrogen) atoms. The number of carbonyl (C=O) groups excluding carboxylic acids is 6. The molecule has 5 rings (SSSR count). The van der Waals surface area contributed by atoms with Crippen molar-refractivity contribution in [1.82, 2.24) is 36.1 Å². The van der Waals surface area contributed by atoms with Crippen molar-refractivity contribution in [1.29, 1.82) is 0 Å². The Hall–Kier alpha value is -2.15. The molecule has 3 saturated carbocycles. The van der Waals surface area contributed by atoms with Crippen molar-refractivity contribution in [3.63, 3.8) is 0 Å². The van der Waals surface area contributed by atoms with Gasteiger partial charge < -0.3 is 26.2 Å². The SMILES string of the molecule is C.CCC[C@H](NC(=O)[C@@H]1[C@H]2CCC[C@@H]2CN1C(=O)[C@@H](NC(=O)[C@H](NC(=O)c1cnccn1)C1CCCCC1)C(C)(C)C)C(=O)C(=O)NC1CC1.S.S.S.S.S. The molecule has 1 aromatic heterocycles. The third kappa shape index (κ3) is 14.0. The van der Waals surface area contributed by atoms with Crippen molar-refractivity contribution in [2.75, 3.05) is 6.54 Å². The van der Waals surface area contributed by atoms with Gasteiger partial charge in [0, 0.05) is 25.0 Å². The fourth-order valence-electron chi connectivity index (χ4n) is 7.87. The quantitative estimate of drug-likeness (QED) is 0.217. The molecule has 6 atom stereocenters. The molecule has 0 spiro atoms. The summed E-state index contributed by atoms with van der Waals surface area (Å²) in [6.45, 7) is 7.85. The number of hydrogen-bond donors (Lipinski definition) is 4. The normalized spacial score (nSPS) is 21.6. The first-order valence-corrected chi connectivity index (χ1v) is 18.2. The maximum absolute atomic E-state index is 14.6. The summed E-state index contributed by atoms with van der Waals surface area (Å²) >= 11 is 0. The van der Waals surface area contributed by atoms with Gasteiger partial charge in [-0.2, -0.15) is 67.5 Å². The van der Waals surface area contributed by atoms with E-state index in [1.165, 1.54) is 18.6 Å². The van der Waals surface area contributed by atoms with Crippen LogP contribution in [0.2, 0.25) is 0 Å². The molecule has 4 N–H and O–H groups in total. The Morgan fingerprint density at radius 1 is 0.836 bits per heavy atom. The fourth-order valence-corrected chi connectivity index (χ4v) is 7.87. The molecule has 1 aliphatic heterocycles. The maximum Gasteiger partial charge on any atom is 0.289 e.